The van der Waals surface area contributed by atoms with E-state index in [-0.39, 0.29) is 18.2 Å². The molecule has 0 spiro atoms. The van der Waals surface area contributed by atoms with E-state index in [1.807, 2.05) is 25.3 Å². The Morgan fingerprint density at radius 3 is 2.47 bits per heavy atom. The van der Waals surface area contributed by atoms with E-state index in [9.17, 15) is 23.1 Å². The Kier molecular flexibility index (Phi) is 7.78. The Labute approximate surface area is 219 Å². The van der Waals surface area contributed by atoms with Gasteiger partial charge in [0.05, 0.1) is 28.9 Å². The zero-order valence-corrected chi connectivity index (χ0v) is 21.2. The quantitative estimate of drug-likeness (QED) is 0.418. The summed E-state index contributed by atoms with van der Waals surface area (Å²) in [7, 11) is 0. The van der Waals surface area contributed by atoms with E-state index in [1.165, 1.54) is 18.2 Å². The molecule has 1 unspecified atom stereocenters. The molecule has 7 nitrogen and oxygen atoms in total. The van der Waals surface area contributed by atoms with Crippen molar-refractivity contribution in [2.75, 3.05) is 13.1 Å². The number of benzene rings is 2. The van der Waals surface area contributed by atoms with Crippen LogP contribution >= 0.6 is 0 Å². The fraction of sp³-hybridized carbons (Fsp3) is 0.393. The fourth-order valence-corrected chi connectivity index (χ4v) is 5.13. The highest BCUT2D eigenvalue weighted by Crippen LogP contribution is 2.39. The van der Waals surface area contributed by atoms with Crippen LogP contribution in [0.4, 0.5) is 13.2 Å². The number of nitrogens with zero attached hydrogens (tertiary/aromatic N) is 4. The van der Waals surface area contributed by atoms with Gasteiger partial charge in [0.15, 0.2) is 0 Å². The van der Waals surface area contributed by atoms with Crippen LogP contribution in [0, 0.1) is 23.7 Å². The van der Waals surface area contributed by atoms with Crippen molar-refractivity contribution in [2.45, 2.75) is 52.1 Å². The smallest absolute Gasteiger partial charge is 0.481 e. The zero-order valence-electron chi connectivity index (χ0n) is 21.2. The lowest BCUT2D eigenvalue weighted by molar-refractivity contribution is -0.274. The first kappa shape index (κ1) is 27.2. The van der Waals surface area contributed by atoms with Crippen LogP contribution in [0.5, 0.6) is 5.75 Å². The number of likely N-dealkylation sites (tertiary alicyclic amines) is 1. The van der Waals surface area contributed by atoms with Gasteiger partial charge in [0.25, 0.3) is 0 Å². The second-order valence-electron chi connectivity index (χ2n) is 9.79. The summed E-state index contributed by atoms with van der Waals surface area (Å²) in [5.74, 6) is -0.449. The van der Waals surface area contributed by atoms with Crippen LogP contribution in [0.1, 0.15) is 54.0 Å². The van der Waals surface area contributed by atoms with Gasteiger partial charge in [-0.1, -0.05) is 24.3 Å². The maximum absolute atomic E-state index is 12.6. The molecule has 4 rings (SSSR count). The van der Waals surface area contributed by atoms with Gasteiger partial charge in [0, 0.05) is 12.6 Å². The van der Waals surface area contributed by atoms with Crippen molar-refractivity contribution in [3.63, 3.8) is 0 Å². The summed E-state index contributed by atoms with van der Waals surface area (Å²) in [4.78, 5) is 19.1. The molecule has 1 aliphatic rings. The number of hydrogen-bond acceptors (Lipinski definition) is 5. The molecule has 38 heavy (non-hydrogen) atoms. The first-order valence-corrected chi connectivity index (χ1v) is 12.3. The summed E-state index contributed by atoms with van der Waals surface area (Å²) in [6.07, 6.45) is -2.13. The fourth-order valence-electron chi connectivity index (χ4n) is 5.13. The van der Waals surface area contributed by atoms with Crippen molar-refractivity contribution < 1.29 is 27.8 Å². The Morgan fingerprint density at radius 2 is 1.87 bits per heavy atom. The normalized spacial score (nSPS) is 16.5. The van der Waals surface area contributed by atoms with E-state index in [2.05, 4.69) is 32.2 Å². The number of carboxylic acid groups (broad SMARTS) is 1. The standard InChI is InChI=1S/C28H29F3N4O3/c1-19(25-17-33-20(2)35(25)18-22-8-6-21(16-32)7-9-22)34-12-10-27(11-13-34,26(36)37)15-23-4-3-5-24(14-23)38-28(29,30)31/h3-9,14,17,19H,10-13,15,18H2,1-2H3,(H,36,37). The van der Waals surface area contributed by atoms with Crippen LogP contribution < -0.4 is 4.74 Å². The average Bonchev–Trinajstić information content (AvgIpc) is 3.23. The number of imidazole rings is 1. The lowest BCUT2D eigenvalue weighted by Crippen LogP contribution is -2.46. The number of nitriles is 1. The summed E-state index contributed by atoms with van der Waals surface area (Å²) in [5.41, 5.74) is 2.06. The number of aliphatic carboxylic acids is 1. The highest BCUT2D eigenvalue weighted by atomic mass is 19.4. The van der Waals surface area contributed by atoms with Crippen LogP contribution in [0.25, 0.3) is 0 Å². The summed E-state index contributed by atoms with van der Waals surface area (Å²) in [5, 5.41) is 19.2. The summed E-state index contributed by atoms with van der Waals surface area (Å²) in [6, 6.07) is 15.0. The lowest BCUT2D eigenvalue weighted by Gasteiger charge is -2.41. The molecule has 1 atom stereocenters. The molecule has 1 aromatic heterocycles. The van der Waals surface area contributed by atoms with Gasteiger partial charge >= 0.3 is 12.3 Å². The molecule has 1 fully saturated rings. The number of carboxylic acids is 1. The van der Waals surface area contributed by atoms with Crippen LogP contribution in [0.15, 0.2) is 54.7 Å². The minimum atomic E-state index is -4.81. The van der Waals surface area contributed by atoms with Gasteiger partial charge in [0.1, 0.15) is 11.6 Å². The van der Waals surface area contributed by atoms with E-state index in [0.717, 1.165) is 17.1 Å². The summed E-state index contributed by atoms with van der Waals surface area (Å²) in [6.45, 7) is 5.64. The molecule has 1 saturated heterocycles. The van der Waals surface area contributed by atoms with Crippen molar-refractivity contribution in [1.82, 2.24) is 14.5 Å². The molecule has 0 saturated carbocycles. The number of aromatic nitrogens is 2. The van der Waals surface area contributed by atoms with Gasteiger partial charge in [-0.25, -0.2) is 4.98 Å². The molecule has 0 bridgehead atoms. The van der Waals surface area contributed by atoms with E-state index < -0.39 is 17.7 Å². The van der Waals surface area contributed by atoms with Crippen molar-refractivity contribution in [3.8, 4) is 11.8 Å². The van der Waals surface area contributed by atoms with Gasteiger partial charge in [-0.15, -0.1) is 13.2 Å². The number of hydrogen-bond donors (Lipinski definition) is 1. The maximum atomic E-state index is 12.6. The minimum absolute atomic E-state index is 0.0232. The minimum Gasteiger partial charge on any atom is -0.481 e. The van der Waals surface area contributed by atoms with E-state index in [4.69, 9.17) is 5.26 Å². The van der Waals surface area contributed by atoms with Crippen molar-refractivity contribution in [3.05, 3.63) is 82.9 Å². The number of carbonyl (C=O) groups is 1. The number of piperidine rings is 1. The molecular formula is C28H29F3N4O3. The number of ether oxygens (including phenoxy) is 1. The molecule has 3 aromatic rings. The topological polar surface area (TPSA) is 91.4 Å². The Morgan fingerprint density at radius 1 is 1.18 bits per heavy atom. The monoisotopic (exact) mass is 526 g/mol. The van der Waals surface area contributed by atoms with Crippen LogP contribution in [0.3, 0.4) is 0 Å². The third-order valence-electron chi connectivity index (χ3n) is 7.37. The predicted molar refractivity (Wildman–Crippen MR) is 133 cm³/mol. The molecule has 10 heteroatoms. The molecule has 0 radical (unpaired) electrons. The average molecular weight is 527 g/mol. The van der Waals surface area contributed by atoms with Crippen molar-refractivity contribution in [1.29, 1.82) is 5.26 Å². The van der Waals surface area contributed by atoms with Gasteiger partial charge in [-0.3, -0.25) is 9.69 Å². The van der Waals surface area contributed by atoms with Crippen LogP contribution in [-0.2, 0) is 17.8 Å². The van der Waals surface area contributed by atoms with E-state index in [1.54, 1.807) is 18.2 Å². The highest BCUT2D eigenvalue weighted by molar-refractivity contribution is 5.75. The zero-order chi connectivity index (χ0) is 27.5. The molecule has 0 amide bonds. The molecule has 1 aliphatic heterocycles. The molecule has 1 N–H and O–H groups in total. The Balaban J connectivity index is 1.46. The lowest BCUT2D eigenvalue weighted by atomic mass is 9.73. The number of halogens is 3. The third kappa shape index (κ3) is 6.17. The molecular weight excluding hydrogens is 497 g/mol. The van der Waals surface area contributed by atoms with E-state index >= 15 is 0 Å². The Bertz CT molecular complexity index is 1320. The first-order chi connectivity index (χ1) is 18.0. The largest absolute Gasteiger partial charge is 0.573 e. The summed E-state index contributed by atoms with van der Waals surface area (Å²) >= 11 is 0. The highest BCUT2D eigenvalue weighted by Gasteiger charge is 2.43. The van der Waals surface area contributed by atoms with Crippen molar-refractivity contribution in [2.24, 2.45) is 5.41 Å². The molecule has 200 valence electrons. The van der Waals surface area contributed by atoms with Crippen LogP contribution in [0.2, 0.25) is 0 Å². The summed E-state index contributed by atoms with van der Waals surface area (Å²) < 4.78 is 44.0. The van der Waals surface area contributed by atoms with Gasteiger partial charge < -0.3 is 14.4 Å². The van der Waals surface area contributed by atoms with Gasteiger partial charge in [0.2, 0.25) is 0 Å². The second kappa shape index (κ2) is 10.9. The van der Waals surface area contributed by atoms with Crippen molar-refractivity contribution >= 4 is 5.97 Å². The predicted octanol–water partition coefficient (Wildman–Crippen LogP) is 5.48. The second-order valence-corrected chi connectivity index (χ2v) is 9.79. The van der Waals surface area contributed by atoms with E-state index in [0.29, 0.717) is 43.6 Å². The molecule has 0 aliphatic carbocycles. The molecule has 2 heterocycles. The number of rotatable bonds is 8. The first-order valence-electron chi connectivity index (χ1n) is 12.3. The SMILES string of the molecule is Cc1ncc(C(C)N2CCC(Cc3cccc(OC(F)(F)F)c3)(C(=O)O)CC2)n1Cc1ccc(C#N)cc1. The van der Waals surface area contributed by atoms with Crippen LogP contribution in [-0.4, -0.2) is 45.0 Å². The van der Waals surface area contributed by atoms with Gasteiger partial charge in [-0.05, 0) is 81.6 Å². The van der Waals surface area contributed by atoms with Gasteiger partial charge in [-0.2, -0.15) is 5.26 Å². The molecule has 2 aromatic carbocycles. The number of alkyl halides is 3. The maximum Gasteiger partial charge on any atom is 0.573 e. The third-order valence-corrected chi connectivity index (χ3v) is 7.37. The Hall–Kier alpha value is -3.84. The number of aryl methyl sites for hydroxylation is 1.